The molecule has 23 heavy (non-hydrogen) atoms. The zero-order chi connectivity index (χ0) is 16.8. The first-order valence-electron chi connectivity index (χ1n) is 6.89. The number of primary amides is 1. The van der Waals surface area contributed by atoms with E-state index in [0.29, 0.717) is 28.3 Å². The Hall–Kier alpha value is -1.99. The Morgan fingerprint density at radius 1 is 1.52 bits per heavy atom. The number of nitrogens with zero attached hydrogens (tertiary/aromatic N) is 3. The summed E-state index contributed by atoms with van der Waals surface area (Å²) in [7, 11) is 0. The fraction of sp³-hybridized carbons (Fsp3) is 0.267. The number of para-hydroxylation sites is 1. The van der Waals surface area contributed by atoms with Crippen molar-refractivity contribution in [2.75, 3.05) is 5.75 Å². The minimum atomic E-state index is -0.412. The zero-order valence-corrected chi connectivity index (χ0v) is 14.2. The molecule has 2 N–H and O–H groups in total. The molecular weight excluding hydrogens is 336 g/mol. The first-order chi connectivity index (χ1) is 11.0. The van der Waals surface area contributed by atoms with Crippen molar-refractivity contribution < 1.29 is 9.53 Å². The summed E-state index contributed by atoms with van der Waals surface area (Å²) in [6.45, 7) is 6.09. The molecule has 0 aliphatic rings. The molecule has 0 fully saturated rings. The van der Waals surface area contributed by atoms with Crippen molar-refractivity contribution in [2.24, 2.45) is 5.73 Å². The van der Waals surface area contributed by atoms with Crippen LogP contribution in [0.1, 0.15) is 18.9 Å². The number of carbonyl (C=O) groups is 1. The quantitative estimate of drug-likeness (QED) is 0.583. The topological polar surface area (TPSA) is 83.0 Å². The van der Waals surface area contributed by atoms with Crippen LogP contribution in [0, 0.1) is 0 Å². The summed E-state index contributed by atoms with van der Waals surface area (Å²) < 4.78 is 7.70. The van der Waals surface area contributed by atoms with Gasteiger partial charge in [0.25, 0.3) is 0 Å². The van der Waals surface area contributed by atoms with E-state index in [1.807, 2.05) is 23.6 Å². The second-order valence-corrected chi connectivity index (χ2v) is 6.04. The third-order valence-electron chi connectivity index (χ3n) is 2.90. The Bertz CT molecular complexity index is 705. The molecule has 0 saturated heterocycles. The van der Waals surface area contributed by atoms with E-state index in [1.54, 1.807) is 18.2 Å². The third kappa shape index (κ3) is 4.49. The van der Waals surface area contributed by atoms with Gasteiger partial charge in [0.15, 0.2) is 17.1 Å². The molecule has 0 aliphatic carbocycles. The first-order valence-corrected chi connectivity index (χ1v) is 8.25. The SMILES string of the molecule is C=CCn1c(SCC(N)=O)nnc1C(C)Oc1ccccc1Cl. The molecule has 0 spiro atoms. The summed E-state index contributed by atoms with van der Waals surface area (Å²) in [5, 5.41) is 9.38. The highest BCUT2D eigenvalue weighted by molar-refractivity contribution is 7.99. The molecule has 1 aromatic carbocycles. The van der Waals surface area contributed by atoms with Gasteiger partial charge < -0.3 is 10.5 Å². The van der Waals surface area contributed by atoms with E-state index >= 15 is 0 Å². The predicted molar refractivity (Wildman–Crippen MR) is 90.6 cm³/mol. The number of rotatable bonds is 8. The molecule has 1 amide bonds. The van der Waals surface area contributed by atoms with Gasteiger partial charge in [-0.2, -0.15) is 0 Å². The standard InChI is InChI=1S/C15H17ClN4O2S/c1-3-8-20-14(18-19-15(20)23-9-13(17)21)10(2)22-12-7-5-4-6-11(12)16/h3-7,10H,1,8-9H2,2H3,(H2,17,21). The lowest BCUT2D eigenvalue weighted by Gasteiger charge is -2.16. The minimum absolute atomic E-state index is 0.134. The molecule has 2 rings (SSSR count). The van der Waals surface area contributed by atoms with Crippen LogP contribution in [0.4, 0.5) is 0 Å². The third-order valence-corrected chi connectivity index (χ3v) is 4.21. The molecule has 0 bridgehead atoms. The Kier molecular flexibility index (Phi) is 6.06. The molecule has 8 heteroatoms. The largest absolute Gasteiger partial charge is 0.481 e. The summed E-state index contributed by atoms with van der Waals surface area (Å²) >= 11 is 7.34. The van der Waals surface area contributed by atoms with Crippen LogP contribution >= 0.6 is 23.4 Å². The molecule has 0 aliphatic heterocycles. The number of halogens is 1. The Balaban J connectivity index is 2.22. The molecule has 2 aromatic rings. The average Bonchev–Trinajstić information content (AvgIpc) is 2.91. The summed E-state index contributed by atoms with van der Waals surface area (Å²) in [4.78, 5) is 10.9. The Labute approximate surface area is 143 Å². The summed E-state index contributed by atoms with van der Waals surface area (Å²) in [5.41, 5.74) is 5.17. The van der Waals surface area contributed by atoms with E-state index in [2.05, 4.69) is 16.8 Å². The van der Waals surface area contributed by atoms with Crippen LogP contribution in [-0.2, 0) is 11.3 Å². The number of carbonyl (C=O) groups excluding carboxylic acids is 1. The smallest absolute Gasteiger partial charge is 0.227 e. The van der Waals surface area contributed by atoms with Crippen molar-refractivity contribution in [1.82, 2.24) is 14.8 Å². The van der Waals surface area contributed by atoms with Gasteiger partial charge in [-0.25, -0.2) is 0 Å². The van der Waals surface area contributed by atoms with Crippen LogP contribution in [0.5, 0.6) is 5.75 Å². The van der Waals surface area contributed by atoms with E-state index in [-0.39, 0.29) is 11.9 Å². The average molecular weight is 353 g/mol. The predicted octanol–water partition coefficient (Wildman–Crippen LogP) is 2.83. The number of hydrogen-bond acceptors (Lipinski definition) is 5. The maximum absolute atomic E-state index is 10.9. The number of thioether (sulfide) groups is 1. The highest BCUT2D eigenvalue weighted by Gasteiger charge is 2.20. The van der Waals surface area contributed by atoms with Gasteiger partial charge in [0.05, 0.1) is 10.8 Å². The van der Waals surface area contributed by atoms with Crippen LogP contribution in [0.2, 0.25) is 5.02 Å². The lowest BCUT2D eigenvalue weighted by Crippen LogP contribution is -2.15. The molecule has 1 atom stereocenters. The molecule has 6 nitrogen and oxygen atoms in total. The van der Waals surface area contributed by atoms with Crippen LogP contribution in [0.15, 0.2) is 42.1 Å². The summed E-state index contributed by atoms with van der Waals surface area (Å²) in [6.07, 6.45) is 1.36. The molecule has 1 aromatic heterocycles. The summed E-state index contributed by atoms with van der Waals surface area (Å²) in [5.74, 6) is 0.915. The van der Waals surface area contributed by atoms with Gasteiger partial charge in [-0.3, -0.25) is 9.36 Å². The number of allylic oxidation sites excluding steroid dienone is 1. The highest BCUT2D eigenvalue weighted by Crippen LogP contribution is 2.29. The van der Waals surface area contributed by atoms with Crippen molar-refractivity contribution in [3.05, 3.63) is 47.8 Å². The van der Waals surface area contributed by atoms with Crippen molar-refractivity contribution in [2.45, 2.75) is 24.7 Å². The fourth-order valence-corrected chi connectivity index (χ4v) is 2.80. The van der Waals surface area contributed by atoms with Gasteiger partial charge in [0.1, 0.15) is 5.75 Å². The molecule has 0 radical (unpaired) electrons. The molecule has 122 valence electrons. The normalized spacial score (nSPS) is 11.9. The van der Waals surface area contributed by atoms with Crippen LogP contribution in [-0.4, -0.2) is 26.4 Å². The summed E-state index contributed by atoms with van der Waals surface area (Å²) in [6, 6.07) is 7.22. The fourth-order valence-electron chi connectivity index (χ4n) is 1.93. The lowest BCUT2D eigenvalue weighted by atomic mass is 10.3. The van der Waals surface area contributed by atoms with Crippen molar-refractivity contribution in [3.8, 4) is 5.75 Å². The van der Waals surface area contributed by atoms with Gasteiger partial charge in [0.2, 0.25) is 5.91 Å². The van der Waals surface area contributed by atoms with E-state index in [1.165, 1.54) is 11.8 Å². The molecule has 1 unspecified atom stereocenters. The number of benzene rings is 1. The second-order valence-electron chi connectivity index (χ2n) is 4.69. The number of nitrogens with two attached hydrogens (primary N) is 1. The monoisotopic (exact) mass is 352 g/mol. The zero-order valence-electron chi connectivity index (χ0n) is 12.6. The molecular formula is C15H17ClN4O2S. The van der Waals surface area contributed by atoms with Crippen LogP contribution in [0.3, 0.4) is 0 Å². The maximum atomic E-state index is 10.9. The maximum Gasteiger partial charge on any atom is 0.227 e. The van der Waals surface area contributed by atoms with Gasteiger partial charge in [-0.05, 0) is 19.1 Å². The lowest BCUT2D eigenvalue weighted by molar-refractivity contribution is -0.115. The van der Waals surface area contributed by atoms with E-state index in [0.717, 1.165) is 0 Å². The van der Waals surface area contributed by atoms with E-state index < -0.39 is 5.91 Å². The van der Waals surface area contributed by atoms with Gasteiger partial charge in [-0.1, -0.05) is 41.6 Å². The van der Waals surface area contributed by atoms with Crippen LogP contribution < -0.4 is 10.5 Å². The van der Waals surface area contributed by atoms with Gasteiger partial charge in [-0.15, -0.1) is 16.8 Å². The molecule has 0 saturated carbocycles. The van der Waals surface area contributed by atoms with Crippen molar-refractivity contribution in [3.63, 3.8) is 0 Å². The van der Waals surface area contributed by atoms with E-state index in [9.17, 15) is 4.79 Å². The molecule has 1 heterocycles. The number of amides is 1. The highest BCUT2D eigenvalue weighted by atomic mass is 35.5. The number of ether oxygens (including phenoxy) is 1. The van der Waals surface area contributed by atoms with Gasteiger partial charge in [0, 0.05) is 6.54 Å². The Morgan fingerprint density at radius 3 is 2.91 bits per heavy atom. The Morgan fingerprint density at radius 2 is 2.26 bits per heavy atom. The number of hydrogen-bond donors (Lipinski definition) is 1. The minimum Gasteiger partial charge on any atom is -0.481 e. The van der Waals surface area contributed by atoms with Gasteiger partial charge >= 0.3 is 0 Å². The van der Waals surface area contributed by atoms with Crippen LogP contribution in [0.25, 0.3) is 0 Å². The van der Waals surface area contributed by atoms with Crippen molar-refractivity contribution >= 4 is 29.3 Å². The first kappa shape index (κ1) is 17.4. The van der Waals surface area contributed by atoms with E-state index in [4.69, 9.17) is 22.1 Å². The number of aromatic nitrogens is 3. The van der Waals surface area contributed by atoms with Crippen molar-refractivity contribution in [1.29, 1.82) is 0 Å². The second kappa shape index (κ2) is 8.03.